The lowest BCUT2D eigenvalue weighted by Crippen LogP contribution is -2.30. The van der Waals surface area contributed by atoms with Crippen LogP contribution < -0.4 is 4.74 Å². The Labute approximate surface area is 125 Å². The molecule has 1 aliphatic rings. The number of phenolic OH excluding ortho intramolecular Hbond substituents is 2. The summed E-state index contributed by atoms with van der Waals surface area (Å²) in [6.07, 6.45) is 0.252. The summed E-state index contributed by atoms with van der Waals surface area (Å²) in [5.41, 5.74) is 1.12. The Kier molecular flexibility index (Phi) is 4.73. The van der Waals surface area contributed by atoms with Gasteiger partial charge in [0.15, 0.2) is 0 Å². The Morgan fingerprint density at radius 1 is 0.857 bits per heavy atom. The molecule has 2 N–H and O–H groups in total. The van der Waals surface area contributed by atoms with E-state index < -0.39 is 0 Å². The second-order valence-corrected chi connectivity index (χ2v) is 5.53. The predicted molar refractivity (Wildman–Crippen MR) is 83.9 cm³/mol. The highest BCUT2D eigenvalue weighted by molar-refractivity contribution is 5.43. The molecule has 0 radical (unpaired) electrons. The van der Waals surface area contributed by atoms with E-state index in [0.29, 0.717) is 23.3 Å². The van der Waals surface area contributed by atoms with Gasteiger partial charge in [-0.1, -0.05) is 32.0 Å². The van der Waals surface area contributed by atoms with E-state index in [1.165, 1.54) is 0 Å². The van der Waals surface area contributed by atoms with Gasteiger partial charge in [-0.05, 0) is 49.1 Å². The minimum absolute atomic E-state index is 0.252. The van der Waals surface area contributed by atoms with Crippen molar-refractivity contribution in [1.82, 2.24) is 0 Å². The average Bonchev–Trinajstić information content (AvgIpc) is 2.47. The molecule has 3 rings (SSSR count). The zero-order chi connectivity index (χ0) is 15.4. The Morgan fingerprint density at radius 3 is 2.10 bits per heavy atom. The Morgan fingerprint density at radius 2 is 1.52 bits per heavy atom. The Bertz CT molecular complexity index is 580. The zero-order valence-corrected chi connectivity index (χ0v) is 12.7. The summed E-state index contributed by atoms with van der Waals surface area (Å²) in [4.78, 5) is 0. The summed E-state index contributed by atoms with van der Waals surface area (Å²) < 4.78 is 5.76. The van der Waals surface area contributed by atoms with Gasteiger partial charge in [0.05, 0.1) is 6.10 Å². The first-order valence-electron chi connectivity index (χ1n) is 7.22. The van der Waals surface area contributed by atoms with Crippen LogP contribution in [0.2, 0.25) is 0 Å². The third-order valence-corrected chi connectivity index (χ3v) is 4.08. The van der Waals surface area contributed by atoms with Crippen molar-refractivity contribution in [3.63, 3.8) is 0 Å². The fourth-order valence-corrected chi connectivity index (χ4v) is 2.42. The maximum absolute atomic E-state index is 9.40. The fraction of sp³-hybridized carbons (Fsp3) is 0.333. The van der Waals surface area contributed by atoms with Crippen molar-refractivity contribution >= 4 is 0 Å². The highest BCUT2D eigenvalue weighted by Crippen LogP contribution is 2.40. The minimum atomic E-state index is 0.252. The summed E-state index contributed by atoms with van der Waals surface area (Å²) >= 11 is 0. The van der Waals surface area contributed by atoms with Crippen LogP contribution >= 0.6 is 0 Å². The molecule has 3 heteroatoms. The molecule has 3 unspecified atom stereocenters. The molecule has 0 spiro atoms. The molecule has 1 heterocycles. The number of rotatable bonds is 0. The van der Waals surface area contributed by atoms with Crippen molar-refractivity contribution in [2.24, 2.45) is 5.92 Å². The number of fused-ring (bicyclic) bond motifs is 1. The van der Waals surface area contributed by atoms with E-state index in [9.17, 15) is 5.11 Å². The molecular formula is C18H22O3. The number of hydrogen-bond acceptors (Lipinski definition) is 3. The van der Waals surface area contributed by atoms with Crippen LogP contribution in [0.15, 0.2) is 48.5 Å². The van der Waals surface area contributed by atoms with Crippen LogP contribution in [-0.2, 0) is 0 Å². The molecule has 0 fully saturated rings. The third kappa shape index (κ3) is 3.69. The maximum atomic E-state index is 9.40. The molecule has 0 saturated carbocycles. The predicted octanol–water partition coefficient (Wildman–Crippen LogP) is 4.30. The number of phenols is 2. The molecule has 112 valence electrons. The molecule has 0 aromatic heterocycles. The van der Waals surface area contributed by atoms with E-state index in [2.05, 4.69) is 20.8 Å². The van der Waals surface area contributed by atoms with Gasteiger partial charge in [-0.25, -0.2) is 0 Å². The zero-order valence-electron chi connectivity index (χ0n) is 12.7. The number of hydrogen-bond donors (Lipinski definition) is 2. The first-order chi connectivity index (χ1) is 9.99. The average molecular weight is 286 g/mol. The molecule has 3 atom stereocenters. The summed E-state index contributed by atoms with van der Waals surface area (Å²) in [7, 11) is 0. The SMILES string of the molecule is CC1Oc2ccc(O)cc2C(C)C1C.Oc1ccccc1. The second-order valence-electron chi connectivity index (χ2n) is 5.53. The quantitative estimate of drug-likeness (QED) is 0.759. The van der Waals surface area contributed by atoms with E-state index in [0.717, 1.165) is 11.3 Å². The maximum Gasteiger partial charge on any atom is 0.123 e. The van der Waals surface area contributed by atoms with Crippen LogP contribution in [0, 0.1) is 5.92 Å². The van der Waals surface area contributed by atoms with Crippen LogP contribution in [-0.4, -0.2) is 16.3 Å². The standard InChI is InChI=1S/C12H16O2.C6H6O/c1-7-8(2)11-6-10(13)4-5-12(11)14-9(7)3;7-6-4-2-1-3-5-6/h4-9,13H,1-3H3;1-5,7H. The van der Waals surface area contributed by atoms with Gasteiger partial charge >= 0.3 is 0 Å². The van der Waals surface area contributed by atoms with Gasteiger partial charge in [-0.15, -0.1) is 0 Å². The Balaban J connectivity index is 0.000000194. The van der Waals surface area contributed by atoms with Gasteiger partial charge in [0.2, 0.25) is 0 Å². The number of aromatic hydroxyl groups is 2. The summed E-state index contributed by atoms with van der Waals surface area (Å²) in [6, 6.07) is 14.0. The highest BCUT2D eigenvalue weighted by atomic mass is 16.5. The lowest BCUT2D eigenvalue weighted by atomic mass is 9.83. The number of para-hydroxylation sites is 1. The fourth-order valence-electron chi connectivity index (χ4n) is 2.42. The first-order valence-corrected chi connectivity index (χ1v) is 7.22. The molecule has 21 heavy (non-hydrogen) atoms. The van der Waals surface area contributed by atoms with Crippen molar-refractivity contribution in [2.45, 2.75) is 32.8 Å². The van der Waals surface area contributed by atoms with Crippen LogP contribution in [0.1, 0.15) is 32.3 Å². The molecule has 0 bridgehead atoms. The molecule has 3 nitrogen and oxygen atoms in total. The van der Waals surface area contributed by atoms with Gasteiger partial charge in [0.25, 0.3) is 0 Å². The molecule has 2 aromatic carbocycles. The van der Waals surface area contributed by atoms with Gasteiger partial charge in [0, 0.05) is 5.56 Å². The summed E-state index contributed by atoms with van der Waals surface area (Å²) in [5.74, 6) is 2.49. The van der Waals surface area contributed by atoms with E-state index in [-0.39, 0.29) is 6.10 Å². The van der Waals surface area contributed by atoms with E-state index in [1.54, 1.807) is 30.3 Å². The van der Waals surface area contributed by atoms with Crippen molar-refractivity contribution in [2.75, 3.05) is 0 Å². The van der Waals surface area contributed by atoms with Crippen LogP contribution in [0.3, 0.4) is 0 Å². The molecule has 0 aliphatic carbocycles. The topological polar surface area (TPSA) is 49.7 Å². The van der Waals surface area contributed by atoms with Crippen molar-refractivity contribution in [1.29, 1.82) is 0 Å². The van der Waals surface area contributed by atoms with Crippen LogP contribution in [0.5, 0.6) is 17.2 Å². The normalized spacial score (nSPS) is 23.3. The second kappa shape index (κ2) is 6.53. The molecule has 2 aromatic rings. The van der Waals surface area contributed by atoms with Crippen molar-refractivity contribution < 1.29 is 14.9 Å². The molecule has 0 saturated heterocycles. The van der Waals surface area contributed by atoms with Crippen molar-refractivity contribution in [3.05, 3.63) is 54.1 Å². The number of benzene rings is 2. The molecule has 1 aliphatic heterocycles. The van der Waals surface area contributed by atoms with Crippen LogP contribution in [0.4, 0.5) is 0 Å². The number of ether oxygens (including phenoxy) is 1. The van der Waals surface area contributed by atoms with Gasteiger partial charge < -0.3 is 14.9 Å². The van der Waals surface area contributed by atoms with Gasteiger partial charge in [-0.3, -0.25) is 0 Å². The smallest absolute Gasteiger partial charge is 0.123 e. The Hall–Kier alpha value is -2.16. The van der Waals surface area contributed by atoms with E-state index in [1.807, 2.05) is 18.2 Å². The lowest BCUT2D eigenvalue weighted by molar-refractivity contribution is 0.122. The minimum Gasteiger partial charge on any atom is -0.508 e. The summed E-state index contributed by atoms with van der Waals surface area (Å²) in [6.45, 7) is 6.46. The van der Waals surface area contributed by atoms with Gasteiger partial charge in [-0.2, -0.15) is 0 Å². The summed E-state index contributed by atoms with van der Waals surface area (Å²) in [5, 5.41) is 18.0. The lowest BCUT2D eigenvalue weighted by Gasteiger charge is -2.34. The molecular weight excluding hydrogens is 264 g/mol. The van der Waals surface area contributed by atoms with Crippen LogP contribution in [0.25, 0.3) is 0 Å². The van der Waals surface area contributed by atoms with Gasteiger partial charge in [0.1, 0.15) is 17.2 Å². The third-order valence-electron chi connectivity index (χ3n) is 4.08. The van der Waals surface area contributed by atoms with Crippen molar-refractivity contribution in [3.8, 4) is 17.2 Å². The largest absolute Gasteiger partial charge is 0.508 e. The first kappa shape index (κ1) is 15.2. The highest BCUT2D eigenvalue weighted by Gasteiger charge is 2.29. The molecule has 0 amide bonds. The van der Waals surface area contributed by atoms with E-state index >= 15 is 0 Å². The van der Waals surface area contributed by atoms with E-state index in [4.69, 9.17) is 9.84 Å². The monoisotopic (exact) mass is 286 g/mol.